The van der Waals surface area contributed by atoms with Crippen LogP contribution in [0.2, 0.25) is 0 Å². The van der Waals surface area contributed by atoms with Crippen molar-refractivity contribution in [1.82, 2.24) is 4.72 Å². The second-order valence-electron chi connectivity index (χ2n) is 4.24. The molecule has 3 nitrogen and oxygen atoms in total. The van der Waals surface area contributed by atoms with Crippen LogP contribution in [0.5, 0.6) is 0 Å². The van der Waals surface area contributed by atoms with Crippen LogP contribution in [0, 0.1) is 0 Å². The van der Waals surface area contributed by atoms with Crippen molar-refractivity contribution < 1.29 is 8.42 Å². The third kappa shape index (κ3) is 5.18. The van der Waals surface area contributed by atoms with Crippen molar-refractivity contribution in [3.8, 4) is 0 Å². The molecule has 1 N–H and O–H groups in total. The Morgan fingerprint density at radius 3 is 2.40 bits per heavy atom. The summed E-state index contributed by atoms with van der Waals surface area (Å²) in [5.74, 6) is 0.254. The molecule has 0 aliphatic heterocycles. The molecular weight excluding hydrogens is 234 g/mol. The summed E-state index contributed by atoms with van der Waals surface area (Å²) in [5.41, 5.74) is 0. The summed E-state index contributed by atoms with van der Waals surface area (Å²) in [6.07, 6.45) is 5.24. The van der Waals surface area contributed by atoms with Crippen molar-refractivity contribution in [2.45, 2.75) is 56.9 Å². The van der Waals surface area contributed by atoms with Crippen LogP contribution in [0.1, 0.15) is 45.4 Å². The first-order valence-corrected chi connectivity index (χ1v) is 7.76. The Kier molecular flexibility index (Phi) is 5.36. The van der Waals surface area contributed by atoms with Crippen LogP contribution >= 0.6 is 11.6 Å². The van der Waals surface area contributed by atoms with Crippen molar-refractivity contribution in [3.05, 3.63) is 0 Å². The molecule has 0 amide bonds. The maximum absolute atomic E-state index is 11.6. The van der Waals surface area contributed by atoms with E-state index in [1.165, 1.54) is 0 Å². The Labute approximate surface area is 97.6 Å². The Hall–Kier alpha value is 0.200. The minimum Gasteiger partial charge on any atom is -0.212 e. The van der Waals surface area contributed by atoms with E-state index in [1.54, 1.807) is 0 Å². The summed E-state index contributed by atoms with van der Waals surface area (Å²) < 4.78 is 26.0. The predicted molar refractivity (Wildman–Crippen MR) is 63.7 cm³/mol. The molecule has 0 heterocycles. The Morgan fingerprint density at radius 1 is 1.27 bits per heavy atom. The largest absolute Gasteiger partial charge is 0.212 e. The molecule has 1 rings (SSSR count). The normalized spacial score (nSPS) is 27.9. The van der Waals surface area contributed by atoms with E-state index in [0.29, 0.717) is 0 Å². The first-order valence-electron chi connectivity index (χ1n) is 5.67. The molecule has 1 saturated carbocycles. The van der Waals surface area contributed by atoms with Crippen molar-refractivity contribution >= 4 is 21.6 Å². The van der Waals surface area contributed by atoms with Crippen LogP contribution < -0.4 is 4.72 Å². The zero-order valence-corrected chi connectivity index (χ0v) is 10.8. The van der Waals surface area contributed by atoms with E-state index in [9.17, 15) is 8.42 Å². The molecule has 0 unspecified atom stereocenters. The first-order chi connectivity index (χ1) is 7.03. The standard InChI is InChI=1S/C10H20ClNO2S/c1-2-3-8-15(13,14)12-10-6-4-9(11)5-7-10/h9-10,12H,2-8H2,1H3. The lowest BCUT2D eigenvalue weighted by molar-refractivity contribution is 0.416. The zero-order chi connectivity index (χ0) is 11.3. The van der Waals surface area contributed by atoms with E-state index in [1.807, 2.05) is 6.92 Å². The second-order valence-corrected chi connectivity index (χ2v) is 6.73. The molecule has 0 aromatic rings. The maximum atomic E-state index is 11.6. The maximum Gasteiger partial charge on any atom is 0.211 e. The lowest BCUT2D eigenvalue weighted by Crippen LogP contribution is -2.39. The fraction of sp³-hybridized carbons (Fsp3) is 1.00. The zero-order valence-electron chi connectivity index (χ0n) is 9.21. The molecule has 90 valence electrons. The van der Waals surface area contributed by atoms with Gasteiger partial charge < -0.3 is 0 Å². The third-order valence-electron chi connectivity index (χ3n) is 2.77. The minimum absolute atomic E-state index is 0.113. The van der Waals surface area contributed by atoms with Crippen LogP contribution in [0.25, 0.3) is 0 Å². The van der Waals surface area contributed by atoms with Gasteiger partial charge in [0.25, 0.3) is 0 Å². The highest BCUT2D eigenvalue weighted by Gasteiger charge is 2.23. The smallest absolute Gasteiger partial charge is 0.211 e. The van der Waals surface area contributed by atoms with E-state index >= 15 is 0 Å². The van der Waals surface area contributed by atoms with Gasteiger partial charge in [-0.1, -0.05) is 13.3 Å². The van der Waals surface area contributed by atoms with Gasteiger partial charge in [0.2, 0.25) is 10.0 Å². The number of sulfonamides is 1. The predicted octanol–water partition coefficient (Wildman–Crippen LogP) is 2.26. The van der Waals surface area contributed by atoms with Crippen LogP contribution in [0.4, 0.5) is 0 Å². The molecule has 1 fully saturated rings. The molecule has 0 aromatic heterocycles. The highest BCUT2D eigenvalue weighted by atomic mass is 35.5. The van der Waals surface area contributed by atoms with E-state index in [0.717, 1.165) is 38.5 Å². The monoisotopic (exact) mass is 253 g/mol. The highest BCUT2D eigenvalue weighted by molar-refractivity contribution is 7.89. The van der Waals surface area contributed by atoms with Crippen molar-refractivity contribution in [1.29, 1.82) is 0 Å². The summed E-state index contributed by atoms with van der Waals surface area (Å²) in [6.45, 7) is 1.99. The molecule has 1 aliphatic rings. The lowest BCUT2D eigenvalue weighted by Gasteiger charge is -2.25. The third-order valence-corrected chi connectivity index (χ3v) is 4.72. The molecule has 1 aliphatic carbocycles. The van der Waals surface area contributed by atoms with E-state index < -0.39 is 10.0 Å². The second kappa shape index (κ2) is 6.06. The van der Waals surface area contributed by atoms with Crippen molar-refractivity contribution in [2.75, 3.05) is 5.75 Å². The average Bonchev–Trinajstić information content (AvgIpc) is 2.18. The number of hydrogen-bond donors (Lipinski definition) is 1. The number of nitrogens with one attached hydrogen (secondary N) is 1. The number of hydrogen-bond acceptors (Lipinski definition) is 2. The van der Waals surface area contributed by atoms with Gasteiger partial charge in [0.05, 0.1) is 5.75 Å². The van der Waals surface area contributed by atoms with Gasteiger partial charge in [-0.05, 0) is 32.1 Å². The van der Waals surface area contributed by atoms with Gasteiger partial charge in [0.1, 0.15) is 0 Å². The van der Waals surface area contributed by atoms with Gasteiger partial charge in [-0.15, -0.1) is 11.6 Å². The summed E-state index contributed by atoms with van der Waals surface area (Å²) in [6, 6.07) is 0.113. The minimum atomic E-state index is -3.05. The lowest BCUT2D eigenvalue weighted by atomic mass is 9.96. The molecule has 5 heteroatoms. The van der Waals surface area contributed by atoms with Gasteiger partial charge in [0.15, 0.2) is 0 Å². The van der Waals surface area contributed by atoms with Crippen molar-refractivity contribution in [3.63, 3.8) is 0 Å². The molecule has 0 radical (unpaired) electrons. The SMILES string of the molecule is CCCCS(=O)(=O)NC1CCC(Cl)CC1. The van der Waals surface area contributed by atoms with Crippen LogP contribution in [0.3, 0.4) is 0 Å². The molecular formula is C10H20ClNO2S. The van der Waals surface area contributed by atoms with Gasteiger partial charge in [0, 0.05) is 11.4 Å². The summed E-state index contributed by atoms with van der Waals surface area (Å²) in [5, 5.41) is 0.237. The summed E-state index contributed by atoms with van der Waals surface area (Å²) in [4.78, 5) is 0. The Balaban J connectivity index is 2.34. The van der Waals surface area contributed by atoms with Crippen LogP contribution in [-0.4, -0.2) is 25.6 Å². The first kappa shape index (κ1) is 13.3. The van der Waals surface area contributed by atoms with Gasteiger partial charge in [-0.3, -0.25) is 0 Å². The number of rotatable bonds is 5. The van der Waals surface area contributed by atoms with Crippen LogP contribution in [-0.2, 0) is 10.0 Å². The van der Waals surface area contributed by atoms with Crippen LogP contribution in [0.15, 0.2) is 0 Å². The van der Waals surface area contributed by atoms with E-state index in [-0.39, 0.29) is 17.2 Å². The fourth-order valence-electron chi connectivity index (χ4n) is 1.82. The summed E-state index contributed by atoms with van der Waals surface area (Å²) in [7, 11) is -3.05. The quantitative estimate of drug-likeness (QED) is 0.764. The molecule has 0 saturated heterocycles. The molecule has 0 aromatic carbocycles. The molecule has 15 heavy (non-hydrogen) atoms. The van der Waals surface area contributed by atoms with E-state index in [4.69, 9.17) is 11.6 Å². The average molecular weight is 254 g/mol. The Morgan fingerprint density at radius 2 is 1.87 bits per heavy atom. The molecule has 0 bridgehead atoms. The fourth-order valence-corrected chi connectivity index (χ4v) is 3.60. The Bertz CT molecular complexity index is 271. The molecule has 0 atom stereocenters. The van der Waals surface area contributed by atoms with Gasteiger partial charge >= 0.3 is 0 Å². The van der Waals surface area contributed by atoms with E-state index in [2.05, 4.69) is 4.72 Å². The molecule has 0 spiro atoms. The van der Waals surface area contributed by atoms with Crippen molar-refractivity contribution in [2.24, 2.45) is 0 Å². The van der Waals surface area contributed by atoms with Gasteiger partial charge in [-0.25, -0.2) is 13.1 Å². The number of unbranched alkanes of at least 4 members (excludes halogenated alkanes) is 1. The van der Waals surface area contributed by atoms with Gasteiger partial charge in [-0.2, -0.15) is 0 Å². The summed E-state index contributed by atoms with van der Waals surface area (Å²) >= 11 is 5.96. The highest BCUT2D eigenvalue weighted by Crippen LogP contribution is 2.23. The number of alkyl halides is 1. The topological polar surface area (TPSA) is 46.2 Å². The number of halogens is 1.